The smallest absolute Gasteiger partial charge is 0.0546 e. The molecule has 0 N–H and O–H groups in total. The van der Waals surface area contributed by atoms with E-state index < -0.39 is 0 Å². The van der Waals surface area contributed by atoms with Crippen molar-refractivity contribution in [3.05, 3.63) is 260 Å². The predicted octanol–water partition coefficient (Wildman–Crippen LogP) is 17.5. The molecule has 0 fully saturated rings. The molecule has 0 aromatic heterocycles. The summed E-state index contributed by atoms with van der Waals surface area (Å²) in [6.45, 7) is 4.77. The van der Waals surface area contributed by atoms with Crippen LogP contribution in [0.1, 0.15) is 25.0 Å². The molecule has 1 aliphatic carbocycles. The van der Waals surface area contributed by atoms with Crippen molar-refractivity contribution in [1.29, 1.82) is 0 Å². The first-order valence-electron chi connectivity index (χ1n) is 22.3. The van der Waals surface area contributed by atoms with Crippen molar-refractivity contribution in [2.24, 2.45) is 0 Å². The molecule has 1 nitrogen and oxygen atoms in total. The molecular weight excluding hydrogens is 771 g/mol. The minimum absolute atomic E-state index is 0.191. The minimum atomic E-state index is -0.191. The van der Waals surface area contributed by atoms with Crippen molar-refractivity contribution in [2.75, 3.05) is 4.90 Å². The van der Waals surface area contributed by atoms with Gasteiger partial charge in [-0.15, -0.1) is 0 Å². The average molecular weight is 818 g/mol. The molecule has 1 heteroatoms. The summed E-state index contributed by atoms with van der Waals surface area (Å²) in [5, 5.41) is 0. The Bertz CT molecular complexity index is 3270. The first-order valence-corrected chi connectivity index (χ1v) is 22.3. The quantitative estimate of drug-likeness (QED) is 0.140. The average Bonchev–Trinajstić information content (AvgIpc) is 3.61. The normalized spacial score (nSPS) is 12.3. The number of para-hydroxylation sites is 1. The summed E-state index contributed by atoms with van der Waals surface area (Å²) >= 11 is 0. The third-order valence-electron chi connectivity index (χ3n) is 13.1. The lowest BCUT2D eigenvalue weighted by Crippen LogP contribution is -2.17. The van der Waals surface area contributed by atoms with Gasteiger partial charge in [-0.05, 0) is 108 Å². The molecule has 64 heavy (non-hydrogen) atoms. The van der Waals surface area contributed by atoms with E-state index in [1.807, 2.05) is 0 Å². The molecule has 0 saturated heterocycles. The molecule has 0 radical (unpaired) electrons. The number of anilines is 3. The molecule has 0 heterocycles. The second-order valence-corrected chi connectivity index (χ2v) is 17.2. The highest BCUT2D eigenvalue weighted by Crippen LogP contribution is 2.55. The van der Waals surface area contributed by atoms with Crippen LogP contribution in [0.2, 0.25) is 0 Å². The van der Waals surface area contributed by atoms with Gasteiger partial charge < -0.3 is 4.90 Å². The summed E-state index contributed by atoms with van der Waals surface area (Å²) in [6, 6.07) is 90.9. The highest BCUT2D eigenvalue weighted by molar-refractivity contribution is 6.03. The maximum atomic E-state index is 2.51. The van der Waals surface area contributed by atoms with E-state index >= 15 is 0 Å². The van der Waals surface area contributed by atoms with Crippen molar-refractivity contribution in [2.45, 2.75) is 19.3 Å². The Morgan fingerprint density at radius 2 is 0.703 bits per heavy atom. The minimum Gasteiger partial charge on any atom is -0.309 e. The maximum Gasteiger partial charge on any atom is 0.0546 e. The van der Waals surface area contributed by atoms with Crippen LogP contribution in [0.25, 0.3) is 77.9 Å². The second-order valence-electron chi connectivity index (χ2n) is 17.2. The van der Waals surface area contributed by atoms with Crippen LogP contribution >= 0.6 is 0 Å². The van der Waals surface area contributed by atoms with E-state index in [2.05, 4.69) is 267 Å². The Kier molecular flexibility index (Phi) is 9.94. The van der Waals surface area contributed by atoms with E-state index in [0.29, 0.717) is 0 Å². The molecule has 0 saturated carbocycles. The van der Waals surface area contributed by atoms with E-state index in [1.54, 1.807) is 0 Å². The number of hydrogen-bond acceptors (Lipinski definition) is 1. The SMILES string of the molecule is CC1(C)c2ccccc2-c2cccc(-c3ccccc3N(c3ccc(-c4cccc(-c5ccccc5)c4)cc3)c3cccc(-c4ccccc4)c3-c3ccccc3-c3ccccc3)c21. The topological polar surface area (TPSA) is 3.24 Å². The van der Waals surface area contributed by atoms with Gasteiger partial charge in [0.25, 0.3) is 0 Å². The predicted molar refractivity (Wildman–Crippen MR) is 271 cm³/mol. The van der Waals surface area contributed by atoms with Crippen molar-refractivity contribution >= 4 is 17.1 Å². The lowest BCUT2D eigenvalue weighted by molar-refractivity contribution is 0.662. The van der Waals surface area contributed by atoms with Gasteiger partial charge in [0.05, 0.1) is 11.4 Å². The summed E-state index contributed by atoms with van der Waals surface area (Å²) in [6.07, 6.45) is 0. The zero-order chi connectivity index (χ0) is 43.0. The molecule has 1 aliphatic rings. The van der Waals surface area contributed by atoms with E-state index in [9.17, 15) is 0 Å². The molecule has 0 atom stereocenters. The first kappa shape index (κ1) is 38.9. The van der Waals surface area contributed by atoms with Crippen LogP contribution in [0, 0.1) is 0 Å². The van der Waals surface area contributed by atoms with Gasteiger partial charge in [0.2, 0.25) is 0 Å². The summed E-state index contributed by atoms with van der Waals surface area (Å²) in [5.74, 6) is 0. The van der Waals surface area contributed by atoms with Gasteiger partial charge >= 0.3 is 0 Å². The van der Waals surface area contributed by atoms with Crippen LogP contribution in [0.4, 0.5) is 17.1 Å². The molecule has 0 amide bonds. The van der Waals surface area contributed by atoms with E-state index in [0.717, 1.165) is 17.1 Å². The van der Waals surface area contributed by atoms with E-state index in [4.69, 9.17) is 0 Å². The Morgan fingerprint density at radius 3 is 1.38 bits per heavy atom. The third kappa shape index (κ3) is 6.83. The number of benzene rings is 10. The molecule has 10 aromatic carbocycles. The van der Waals surface area contributed by atoms with Gasteiger partial charge in [0, 0.05) is 22.2 Å². The number of fused-ring (bicyclic) bond motifs is 3. The number of rotatable bonds is 9. The Hall–Kier alpha value is -8.00. The molecule has 304 valence electrons. The first-order chi connectivity index (χ1) is 31.5. The zero-order valence-electron chi connectivity index (χ0n) is 36.1. The molecule has 0 unspecified atom stereocenters. The summed E-state index contributed by atoms with van der Waals surface area (Å²) < 4.78 is 0. The Morgan fingerprint density at radius 1 is 0.281 bits per heavy atom. The Balaban J connectivity index is 1.17. The van der Waals surface area contributed by atoms with Crippen LogP contribution in [0.5, 0.6) is 0 Å². The highest BCUT2D eigenvalue weighted by atomic mass is 15.1. The van der Waals surface area contributed by atoms with Crippen LogP contribution in [-0.2, 0) is 5.41 Å². The molecule has 11 rings (SSSR count). The highest BCUT2D eigenvalue weighted by Gasteiger charge is 2.38. The monoisotopic (exact) mass is 817 g/mol. The fourth-order valence-electron chi connectivity index (χ4n) is 10.1. The Labute approximate surface area is 377 Å². The van der Waals surface area contributed by atoms with Gasteiger partial charge in [0.15, 0.2) is 0 Å². The fraction of sp³-hybridized carbons (Fsp3) is 0.0476. The standard InChI is InChI=1S/C63H47N/c1-63(2)58-36-16-14-30-53(58)56-34-19-35-57(62(56)63)54-31-15-17-37-59(54)64(50-41-39-45(40-42-50)49-28-18-27-48(43-49)44-21-6-3-7-22-44)60-38-20-33-52(47-25-10-5-11-26-47)61(60)55-32-13-12-29-51(55)46-23-8-4-9-24-46/h3-43H,1-2H3. The zero-order valence-corrected chi connectivity index (χ0v) is 36.1. The largest absolute Gasteiger partial charge is 0.309 e. The summed E-state index contributed by atoms with van der Waals surface area (Å²) in [7, 11) is 0. The third-order valence-corrected chi connectivity index (χ3v) is 13.1. The maximum absolute atomic E-state index is 2.51. The van der Waals surface area contributed by atoms with Crippen molar-refractivity contribution in [3.63, 3.8) is 0 Å². The number of hydrogen-bond donors (Lipinski definition) is 0. The summed E-state index contributed by atoms with van der Waals surface area (Å²) in [5.41, 5.74) is 22.8. The molecule has 10 aromatic rings. The molecule has 0 spiro atoms. The van der Waals surface area contributed by atoms with Crippen LogP contribution in [0.3, 0.4) is 0 Å². The van der Waals surface area contributed by atoms with Gasteiger partial charge in [-0.25, -0.2) is 0 Å². The number of nitrogens with zero attached hydrogens (tertiary/aromatic N) is 1. The lowest BCUT2D eigenvalue weighted by atomic mass is 9.78. The fourth-order valence-corrected chi connectivity index (χ4v) is 10.1. The molecular formula is C63H47N. The molecule has 0 bridgehead atoms. The van der Waals surface area contributed by atoms with Gasteiger partial charge in [-0.2, -0.15) is 0 Å². The van der Waals surface area contributed by atoms with Crippen LogP contribution in [0.15, 0.2) is 249 Å². The second kappa shape index (κ2) is 16.4. The lowest BCUT2D eigenvalue weighted by Gasteiger charge is -2.32. The van der Waals surface area contributed by atoms with Crippen molar-refractivity contribution < 1.29 is 0 Å². The van der Waals surface area contributed by atoms with Gasteiger partial charge in [-0.1, -0.05) is 232 Å². The van der Waals surface area contributed by atoms with E-state index in [1.165, 1.54) is 89.0 Å². The van der Waals surface area contributed by atoms with E-state index in [-0.39, 0.29) is 5.41 Å². The van der Waals surface area contributed by atoms with Crippen LogP contribution < -0.4 is 4.90 Å². The van der Waals surface area contributed by atoms with Crippen molar-refractivity contribution in [3.8, 4) is 77.9 Å². The van der Waals surface area contributed by atoms with Gasteiger partial charge in [0.1, 0.15) is 0 Å². The molecule has 0 aliphatic heterocycles. The van der Waals surface area contributed by atoms with Crippen LogP contribution in [-0.4, -0.2) is 0 Å². The van der Waals surface area contributed by atoms with Gasteiger partial charge in [-0.3, -0.25) is 0 Å². The van der Waals surface area contributed by atoms with Crippen molar-refractivity contribution in [1.82, 2.24) is 0 Å². The summed E-state index contributed by atoms with van der Waals surface area (Å²) in [4.78, 5) is 2.51.